The minimum atomic E-state index is -1.97. The second kappa shape index (κ2) is 7.24. The van der Waals surface area contributed by atoms with Crippen molar-refractivity contribution in [1.29, 1.82) is 0 Å². The number of Topliss-reactive ketones (excluding diaryl/α,β-unsaturated/α-hetero) is 1. The number of hydrogen-bond acceptors (Lipinski definition) is 4. The van der Waals surface area contributed by atoms with E-state index in [-0.39, 0.29) is 5.56 Å². The summed E-state index contributed by atoms with van der Waals surface area (Å²) >= 11 is 4.89. The Balaban J connectivity index is 1.71. The number of carbonyl (C=O) groups is 2. The molecule has 28 heavy (non-hydrogen) atoms. The number of fused-ring (bicyclic) bond motifs is 1. The molecule has 0 saturated carbocycles. The highest BCUT2D eigenvalue weighted by Crippen LogP contribution is 2.45. The number of anilines is 1. The number of thiophene rings is 1. The second-order valence-electron chi connectivity index (χ2n) is 6.60. The van der Waals surface area contributed by atoms with Crippen molar-refractivity contribution in [3.05, 3.63) is 86.3 Å². The number of halogens is 2. The van der Waals surface area contributed by atoms with E-state index in [1.165, 1.54) is 40.5 Å². The average molecular weight is 460 g/mol. The summed E-state index contributed by atoms with van der Waals surface area (Å²) in [7, 11) is 0. The van der Waals surface area contributed by atoms with Gasteiger partial charge < -0.3 is 10.0 Å². The van der Waals surface area contributed by atoms with E-state index in [0.717, 1.165) is 4.88 Å². The number of benzene rings is 2. The first-order valence-corrected chi connectivity index (χ1v) is 10.2. The van der Waals surface area contributed by atoms with Gasteiger partial charge in [-0.15, -0.1) is 11.3 Å². The van der Waals surface area contributed by atoms with Gasteiger partial charge in [0.25, 0.3) is 5.91 Å². The van der Waals surface area contributed by atoms with Gasteiger partial charge in [0.05, 0.1) is 18.7 Å². The second-order valence-corrected chi connectivity index (χ2v) is 8.55. The Kier molecular flexibility index (Phi) is 4.91. The monoisotopic (exact) mass is 459 g/mol. The first kappa shape index (κ1) is 19.0. The lowest BCUT2D eigenvalue weighted by molar-refractivity contribution is -0.136. The molecule has 1 aliphatic rings. The molecule has 142 valence electrons. The zero-order valence-electron chi connectivity index (χ0n) is 14.6. The van der Waals surface area contributed by atoms with Gasteiger partial charge in [-0.3, -0.25) is 9.59 Å². The van der Waals surface area contributed by atoms with Gasteiger partial charge >= 0.3 is 0 Å². The smallest absolute Gasteiger partial charge is 0.264 e. The third-order valence-corrected chi connectivity index (χ3v) is 6.12. The molecule has 4 nitrogen and oxygen atoms in total. The number of rotatable bonds is 5. The van der Waals surface area contributed by atoms with E-state index in [9.17, 15) is 19.1 Å². The molecule has 1 amide bonds. The molecule has 7 heteroatoms. The van der Waals surface area contributed by atoms with Crippen LogP contribution in [-0.4, -0.2) is 16.8 Å². The van der Waals surface area contributed by atoms with Crippen molar-refractivity contribution in [2.24, 2.45) is 0 Å². The van der Waals surface area contributed by atoms with Crippen LogP contribution in [-0.2, 0) is 16.9 Å². The van der Waals surface area contributed by atoms with Crippen LogP contribution in [0.15, 0.2) is 64.5 Å². The van der Waals surface area contributed by atoms with Gasteiger partial charge in [0, 0.05) is 20.5 Å². The van der Waals surface area contributed by atoms with Crippen molar-refractivity contribution in [2.45, 2.75) is 18.6 Å². The molecular weight excluding hydrogens is 445 g/mol. The summed E-state index contributed by atoms with van der Waals surface area (Å²) in [5.74, 6) is -1.42. The molecule has 4 rings (SSSR count). The molecule has 1 aromatic heterocycles. The van der Waals surface area contributed by atoms with E-state index in [2.05, 4.69) is 15.9 Å². The molecule has 2 aromatic carbocycles. The maximum absolute atomic E-state index is 13.2. The SMILES string of the molecule is O=C(CC1(O)C(=O)N(Cc2cccs2)c2ccc(Br)cc21)c1ccc(F)cc1. The molecule has 2 heterocycles. The van der Waals surface area contributed by atoms with E-state index in [0.29, 0.717) is 22.3 Å². The molecule has 0 spiro atoms. The van der Waals surface area contributed by atoms with Gasteiger partial charge in [-0.2, -0.15) is 0 Å². The highest BCUT2D eigenvalue weighted by Gasteiger charge is 2.51. The summed E-state index contributed by atoms with van der Waals surface area (Å²) in [6, 6.07) is 14.1. The molecule has 0 radical (unpaired) electrons. The topological polar surface area (TPSA) is 57.6 Å². The number of hydrogen-bond donors (Lipinski definition) is 1. The third-order valence-electron chi connectivity index (χ3n) is 4.77. The van der Waals surface area contributed by atoms with E-state index < -0.39 is 29.5 Å². The van der Waals surface area contributed by atoms with Gasteiger partial charge in [0.1, 0.15) is 5.82 Å². The van der Waals surface area contributed by atoms with Crippen molar-refractivity contribution >= 4 is 44.6 Å². The fraction of sp³-hybridized carbons (Fsp3) is 0.143. The Bertz CT molecular complexity index is 1050. The lowest BCUT2D eigenvalue weighted by atomic mass is 9.88. The molecule has 0 fully saturated rings. The van der Waals surface area contributed by atoms with Crippen LogP contribution in [0.4, 0.5) is 10.1 Å². The molecule has 3 aromatic rings. The Morgan fingerprint density at radius 3 is 2.61 bits per heavy atom. The summed E-state index contributed by atoms with van der Waals surface area (Å²) in [6.45, 7) is 0.318. The first-order valence-electron chi connectivity index (χ1n) is 8.54. The van der Waals surface area contributed by atoms with Gasteiger partial charge in [0.2, 0.25) is 0 Å². The number of ketones is 1. The van der Waals surface area contributed by atoms with E-state index in [1.54, 1.807) is 18.2 Å². The summed E-state index contributed by atoms with van der Waals surface area (Å²) in [5.41, 5.74) is -0.757. The van der Waals surface area contributed by atoms with Crippen LogP contribution >= 0.6 is 27.3 Å². The van der Waals surface area contributed by atoms with E-state index in [1.807, 2.05) is 17.5 Å². The van der Waals surface area contributed by atoms with Crippen LogP contribution in [0.25, 0.3) is 0 Å². The van der Waals surface area contributed by atoms with Gasteiger partial charge in [-0.25, -0.2) is 4.39 Å². The highest BCUT2D eigenvalue weighted by atomic mass is 79.9. The van der Waals surface area contributed by atoms with Crippen molar-refractivity contribution in [3.63, 3.8) is 0 Å². The zero-order chi connectivity index (χ0) is 19.9. The predicted octanol–water partition coefficient (Wildman–Crippen LogP) is 4.66. The molecule has 0 saturated heterocycles. The van der Waals surface area contributed by atoms with Crippen LogP contribution in [0, 0.1) is 5.82 Å². The third kappa shape index (κ3) is 3.30. The largest absolute Gasteiger partial charge is 0.375 e. The summed E-state index contributed by atoms with van der Waals surface area (Å²) in [5, 5.41) is 13.2. The molecule has 1 N–H and O–H groups in total. The highest BCUT2D eigenvalue weighted by molar-refractivity contribution is 9.10. The first-order chi connectivity index (χ1) is 13.4. The van der Waals surface area contributed by atoms with Crippen LogP contribution in [0.1, 0.15) is 27.2 Å². The minimum Gasteiger partial charge on any atom is -0.375 e. The molecule has 1 aliphatic heterocycles. The predicted molar refractivity (Wildman–Crippen MR) is 109 cm³/mol. The quantitative estimate of drug-likeness (QED) is 0.564. The lowest BCUT2D eigenvalue weighted by Crippen LogP contribution is -2.41. The van der Waals surface area contributed by atoms with Crippen molar-refractivity contribution < 1.29 is 19.1 Å². The molecular formula is C21H15BrFNO3S. The Hall–Kier alpha value is -2.35. The van der Waals surface area contributed by atoms with Crippen LogP contribution in [0.3, 0.4) is 0 Å². The Morgan fingerprint density at radius 2 is 1.93 bits per heavy atom. The maximum atomic E-state index is 13.2. The fourth-order valence-corrected chi connectivity index (χ4v) is 4.43. The van der Waals surface area contributed by atoms with Gasteiger partial charge in [-0.1, -0.05) is 22.0 Å². The van der Waals surface area contributed by atoms with Gasteiger partial charge in [-0.05, 0) is 53.9 Å². The van der Waals surface area contributed by atoms with Crippen LogP contribution in [0.5, 0.6) is 0 Å². The minimum absolute atomic E-state index is 0.246. The molecule has 1 unspecified atom stereocenters. The maximum Gasteiger partial charge on any atom is 0.264 e. The Labute approximate surface area is 173 Å². The average Bonchev–Trinajstić information content (AvgIpc) is 3.25. The lowest BCUT2D eigenvalue weighted by Gasteiger charge is -2.22. The summed E-state index contributed by atoms with van der Waals surface area (Å²) in [6.07, 6.45) is -0.415. The summed E-state index contributed by atoms with van der Waals surface area (Å²) in [4.78, 5) is 28.4. The van der Waals surface area contributed by atoms with E-state index in [4.69, 9.17) is 0 Å². The number of nitrogens with zero attached hydrogens (tertiary/aromatic N) is 1. The van der Waals surface area contributed by atoms with E-state index >= 15 is 0 Å². The molecule has 1 atom stereocenters. The zero-order valence-corrected chi connectivity index (χ0v) is 17.0. The summed E-state index contributed by atoms with van der Waals surface area (Å²) < 4.78 is 13.8. The van der Waals surface area contributed by atoms with Crippen molar-refractivity contribution in [2.75, 3.05) is 4.90 Å². The molecule has 0 bridgehead atoms. The number of aliphatic hydroxyl groups is 1. The molecule has 0 aliphatic carbocycles. The Morgan fingerprint density at radius 1 is 1.18 bits per heavy atom. The van der Waals surface area contributed by atoms with Crippen molar-refractivity contribution in [3.8, 4) is 0 Å². The normalized spacial score (nSPS) is 18.4. The van der Waals surface area contributed by atoms with Crippen LogP contribution < -0.4 is 4.90 Å². The van der Waals surface area contributed by atoms with Gasteiger partial charge in [0.15, 0.2) is 11.4 Å². The van der Waals surface area contributed by atoms with Crippen LogP contribution in [0.2, 0.25) is 0 Å². The fourth-order valence-electron chi connectivity index (χ4n) is 3.38. The standard InChI is InChI=1S/C21H15BrFNO3S/c22-14-5-8-18-17(10-14)21(27,11-19(25)13-3-6-15(23)7-4-13)20(26)24(18)12-16-2-1-9-28-16/h1-10,27H,11-12H2. The number of amides is 1. The van der Waals surface area contributed by atoms with Crippen molar-refractivity contribution in [1.82, 2.24) is 0 Å². The number of carbonyl (C=O) groups excluding carboxylic acids is 2.